The highest BCUT2D eigenvalue weighted by Gasteiger charge is 2.08. The van der Waals surface area contributed by atoms with E-state index in [1.807, 2.05) is 12.1 Å². The molecule has 0 aliphatic rings. The molecule has 1 heterocycles. The van der Waals surface area contributed by atoms with E-state index in [0.29, 0.717) is 29.5 Å². The van der Waals surface area contributed by atoms with Gasteiger partial charge in [-0.1, -0.05) is 31.1 Å². The van der Waals surface area contributed by atoms with Gasteiger partial charge in [-0.2, -0.15) is 0 Å². The molecule has 0 fully saturated rings. The summed E-state index contributed by atoms with van der Waals surface area (Å²) in [6.07, 6.45) is 0. The van der Waals surface area contributed by atoms with Crippen molar-refractivity contribution in [3.63, 3.8) is 0 Å². The number of benzene rings is 1. The summed E-state index contributed by atoms with van der Waals surface area (Å²) in [6.45, 7) is 6.51. The summed E-state index contributed by atoms with van der Waals surface area (Å²) in [6, 6.07) is 7.26. The van der Waals surface area contributed by atoms with E-state index >= 15 is 0 Å². The van der Waals surface area contributed by atoms with Crippen molar-refractivity contribution in [1.82, 2.24) is 10.5 Å². The molecule has 0 unspecified atom stereocenters. The van der Waals surface area contributed by atoms with Crippen molar-refractivity contribution in [3.8, 4) is 11.3 Å². The van der Waals surface area contributed by atoms with Crippen molar-refractivity contribution in [2.24, 2.45) is 0 Å². The number of halogens is 1. The number of nitrogens with zero attached hydrogens (tertiary/aromatic N) is 1. The molecule has 1 N–H and O–H groups in total. The van der Waals surface area contributed by atoms with E-state index in [9.17, 15) is 4.39 Å². The minimum atomic E-state index is -0.231. The smallest absolute Gasteiger partial charge is 0.167 e. The van der Waals surface area contributed by atoms with Crippen LogP contribution in [0.5, 0.6) is 0 Å². The largest absolute Gasteiger partial charge is 0.356 e. The van der Waals surface area contributed by atoms with Crippen LogP contribution in [-0.4, -0.2) is 11.2 Å². The maximum Gasteiger partial charge on any atom is 0.167 e. The van der Waals surface area contributed by atoms with Crippen LogP contribution in [0.4, 0.5) is 4.39 Å². The fourth-order valence-corrected chi connectivity index (χ4v) is 1.59. The highest BCUT2D eigenvalue weighted by atomic mass is 19.1. The van der Waals surface area contributed by atoms with Crippen molar-refractivity contribution in [2.75, 3.05) is 0 Å². The number of rotatable bonds is 4. The van der Waals surface area contributed by atoms with Gasteiger partial charge in [0.05, 0.1) is 5.69 Å². The van der Waals surface area contributed by atoms with Crippen molar-refractivity contribution < 1.29 is 8.91 Å². The molecule has 0 saturated carbocycles. The van der Waals surface area contributed by atoms with Gasteiger partial charge >= 0.3 is 0 Å². The quantitative estimate of drug-likeness (QED) is 0.902. The molecule has 2 aromatic rings. The molecule has 1 aromatic heterocycles. The zero-order chi connectivity index (χ0) is 13.1. The zero-order valence-electron chi connectivity index (χ0n) is 10.8. The van der Waals surface area contributed by atoms with E-state index in [2.05, 4.69) is 24.3 Å². The van der Waals surface area contributed by atoms with Gasteiger partial charge in [0.25, 0.3) is 0 Å². The van der Waals surface area contributed by atoms with Gasteiger partial charge in [0.1, 0.15) is 5.82 Å². The van der Waals surface area contributed by atoms with Crippen LogP contribution < -0.4 is 5.32 Å². The van der Waals surface area contributed by atoms with E-state index < -0.39 is 0 Å². The van der Waals surface area contributed by atoms with E-state index in [-0.39, 0.29) is 5.82 Å². The van der Waals surface area contributed by atoms with Crippen LogP contribution >= 0.6 is 0 Å². The second-order valence-electron chi connectivity index (χ2n) is 4.68. The molecule has 0 saturated heterocycles. The Morgan fingerprint density at radius 2 is 2.11 bits per heavy atom. The molecule has 0 aliphatic carbocycles. The van der Waals surface area contributed by atoms with Gasteiger partial charge in [-0.3, -0.25) is 0 Å². The van der Waals surface area contributed by atoms with Crippen LogP contribution in [0.1, 0.15) is 25.1 Å². The average Bonchev–Trinajstić information content (AvgIpc) is 2.79. The van der Waals surface area contributed by atoms with Gasteiger partial charge in [0.15, 0.2) is 5.76 Å². The van der Waals surface area contributed by atoms with Crippen molar-refractivity contribution in [3.05, 3.63) is 41.3 Å². The molecule has 1 aromatic carbocycles. The van der Waals surface area contributed by atoms with E-state index in [1.165, 1.54) is 6.07 Å². The summed E-state index contributed by atoms with van der Waals surface area (Å²) in [5.41, 5.74) is 2.15. The van der Waals surface area contributed by atoms with Gasteiger partial charge in [0, 0.05) is 24.2 Å². The highest BCUT2D eigenvalue weighted by molar-refractivity contribution is 5.57. The van der Waals surface area contributed by atoms with Crippen molar-refractivity contribution in [1.29, 1.82) is 0 Å². The van der Waals surface area contributed by atoms with Gasteiger partial charge in [-0.15, -0.1) is 0 Å². The molecule has 0 amide bonds. The molecule has 0 aliphatic heterocycles. The van der Waals surface area contributed by atoms with Gasteiger partial charge in [-0.25, -0.2) is 4.39 Å². The topological polar surface area (TPSA) is 38.1 Å². The molecule has 0 atom stereocenters. The van der Waals surface area contributed by atoms with Gasteiger partial charge < -0.3 is 9.84 Å². The van der Waals surface area contributed by atoms with E-state index in [1.54, 1.807) is 13.0 Å². The summed E-state index contributed by atoms with van der Waals surface area (Å²) in [7, 11) is 0. The fraction of sp³-hybridized carbons (Fsp3) is 0.357. The first-order valence-corrected chi connectivity index (χ1v) is 6.02. The normalized spacial score (nSPS) is 11.2. The molecule has 2 rings (SSSR count). The molecule has 0 bridgehead atoms. The predicted molar refractivity (Wildman–Crippen MR) is 68.6 cm³/mol. The molecule has 96 valence electrons. The predicted octanol–water partition coefficient (Wildman–Crippen LogP) is 3.29. The first kappa shape index (κ1) is 12.8. The fourth-order valence-electron chi connectivity index (χ4n) is 1.59. The molecule has 4 heteroatoms. The summed E-state index contributed by atoms with van der Waals surface area (Å²) < 4.78 is 18.7. The third kappa shape index (κ3) is 2.96. The molecular weight excluding hydrogens is 231 g/mol. The van der Waals surface area contributed by atoms with Gasteiger partial charge in [-0.05, 0) is 18.6 Å². The lowest BCUT2D eigenvalue weighted by atomic mass is 10.1. The number of aryl methyl sites for hydroxylation is 1. The monoisotopic (exact) mass is 248 g/mol. The molecular formula is C14H17FN2O. The Kier molecular flexibility index (Phi) is 3.77. The minimum Gasteiger partial charge on any atom is -0.356 e. The van der Waals surface area contributed by atoms with Crippen molar-refractivity contribution in [2.45, 2.75) is 33.4 Å². The van der Waals surface area contributed by atoms with Crippen molar-refractivity contribution >= 4 is 0 Å². The van der Waals surface area contributed by atoms with Crippen LogP contribution in [0.2, 0.25) is 0 Å². The Bertz CT molecular complexity index is 534. The Balaban J connectivity index is 2.16. The standard InChI is InChI=1S/C14H17FN2O/c1-9(2)16-8-12-7-14(18-17-12)11-5-4-10(3)13(15)6-11/h4-7,9,16H,8H2,1-3H3. The lowest BCUT2D eigenvalue weighted by molar-refractivity contribution is 0.417. The molecule has 3 nitrogen and oxygen atoms in total. The second-order valence-corrected chi connectivity index (χ2v) is 4.68. The molecule has 0 spiro atoms. The molecule has 0 radical (unpaired) electrons. The number of hydrogen-bond acceptors (Lipinski definition) is 3. The zero-order valence-corrected chi connectivity index (χ0v) is 10.8. The second kappa shape index (κ2) is 5.31. The summed E-state index contributed by atoms with van der Waals surface area (Å²) >= 11 is 0. The minimum absolute atomic E-state index is 0.231. The van der Waals surface area contributed by atoms with Crippen LogP contribution in [0.25, 0.3) is 11.3 Å². The van der Waals surface area contributed by atoms with Crippen LogP contribution in [0, 0.1) is 12.7 Å². The van der Waals surface area contributed by atoms with E-state index in [4.69, 9.17) is 4.52 Å². The van der Waals surface area contributed by atoms with E-state index in [0.717, 1.165) is 5.69 Å². The SMILES string of the molecule is Cc1ccc(-c2cc(CNC(C)C)no2)cc1F. The lowest BCUT2D eigenvalue weighted by Gasteiger charge is -2.03. The Hall–Kier alpha value is -1.68. The first-order chi connectivity index (χ1) is 8.56. The maximum atomic E-state index is 13.5. The van der Waals surface area contributed by atoms with Crippen LogP contribution in [-0.2, 0) is 6.54 Å². The summed E-state index contributed by atoms with van der Waals surface area (Å²) in [4.78, 5) is 0. The lowest BCUT2D eigenvalue weighted by Crippen LogP contribution is -2.21. The van der Waals surface area contributed by atoms with Gasteiger partial charge in [0.2, 0.25) is 0 Å². The molecule has 18 heavy (non-hydrogen) atoms. The maximum absolute atomic E-state index is 13.5. The third-order valence-corrected chi connectivity index (χ3v) is 2.71. The van der Waals surface area contributed by atoms with Crippen LogP contribution in [0.3, 0.4) is 0 Å². The third-order valence-electron chi connectivity index (χ3n) is 2.71. The Labute approximate surface area is 106 Å². The summed E-state index contributed by atoms with van der Waals surface area (Å²) in [5, 5.41) is 7.21. The average molecular weight is 248 g/mol. The summed E-state index contributed by atoms with van der Waals surface area (Å²) in [5.74, 6) is 0.361. The first-order valence-electron chi connectivity index (χ1n) is 6.02. The number of hydrogen-bond donors (Lipinski definition) is 1. The van der Waals surface area contributed by atoms with Crippen LogP contribution in [0.15, 0.2) is 28.8 Å². The number of aromatic nitrogens is 1. The Morgan fingerprint density at radius 3 is 2.78 bits per heavy atom. The highest BCUT2D eigenvalue weighted by Crippen LogP contribution is 2.22. The number of nitrogens with one attached hydrogen (secondary N) is 1. The Morgan fingerprint density at radius 1 is 1.33 bits per heavy atom.